The molecule has 0 amide bonds. The maximum atomic E-state index is 7.47. The molecule has 0 bridgehead atoms. The second-order valence-corrected chi connectivity index (χ2v) is 6.88. The molecule has 1 heterocycles. The minimum absolute atomic E-state index is 0.131. The average Bonchev–Trinajstić information content (AvgIpc) is 2.69. The predicted octanol–water partition coefficient (Wildman–Crippen LogP) is 3.97. The van der Waals surface area contributed by atoms with E-state index in [4.69, 9.17) is 11.1 Å². The van der Waals surface area contributed by atoms with Gasteiger partial charge in [0.25, 0.3) is 0 Å². The van der Waals surface area contributed by atoms with E-state index in [1.807, 2.05) is 25.6 Å². The molecule has 0 fully saturated rings. The molecule has 2 nitrogen and oxygen atoms in total. The van der Waals surface area contributed by atoms with Crippen molar-refractivity contribution >= 4 is 28.9 Å². The predicted molar refractivity (Wildman–Crippen MR) is 74.6 cm³/mol. The van der Waals surface area contributed by atoms with Gasteiger partial charge in [0, 0.05) is 5.41 Å². The topological polar surface area (TPSA) is 49.9 Å². The fraction of sp³-hybridized carbons (Fsp3) is 0.583. The van der Waals surface area contributed by atoms with Crippen LogP contribution in [0.2, 0.25) is 0 Å². The molecular weight excluding hydrogens is 236 g/mol. The van der Waals surface area contributed by atoms with Crippen molar-refractivity contribution in [2.24, 2.45) is 11.1 Å². The molecule has 1 rings (SSSR count). The van der Waals surface area contributed by atoms with Crippen molar-refractivity contribution < 1.29 is 0 Å². The van der Waals surface area contributed by atoms with E-state index in [0.29, 0.717) is 5.84 Å². The van der Waals surface area contributed by atoms with Crippen LogP contribution in [0, 0.1) is 10.8 Å². The lowest BCUT2D eigenvalue weighted by molar-refractivity contribution is 0.448. The van der Waals surface area contributed by atoms with Gasteiger partial charge >= 0.3 is 0 Å². The van der Waals surface area contributed by atoms with Gasteiger partial charge in [-0.3, -0.25) is 5.41 Å². The van der Waals surface area contributed by atoms with Crippen molar-refractivity contribution in [3.05, 3.63) is 17.5 Å². The quantitative estimate of drug-likeness (QED) is 0.335. The number of hydrogen-bond donors (Lipinski definition) is 2. The Kier molecular flexibility index (Phi) is 5.35. The van der Waals surface area contributed by atoms with Gasteiger partial charge < -0.3 is 5.73 Å². The van der Waals surface area contributed by atoms with Crippen LogP contribution >= 0.6 is 23.1 Å². The summed E-state index contributed by atoms with van der Waals surface area (Å²) in [5.74, 6) is 1.47. The number of unbranched alkanes of at least 4 members (excludes halogenated alkanes) is 1. The summed E-state index contributed by atoms with van der Waals surface area (Å²) >= 11 is 3.72. The van der Waals surface area contributed by atoms with E-state index in [-0.39, 0.29) is 5.41 Å². The smallest absolute Gasteiger partial charge is 0.0963 e. The van der Waals surface area contributed by atoms with Crippen molar-refractivity contribution in [3.63, 3.8) is 0 Å². The molecule has 16 heavy (non-hydrogen) atoms. The number of nitrogens with two attached hydrogens (primary N) is 1. The number of rotatable bonds is 7. The average molecular weight is 256 g/mol. The molecule has 0 aromatic carbocycles. The van der Waals surface area contributed by atoms with E-state index in [1.165, 1.54) is 10.6 Å². The second-order valence-electron chi connectivity index (χ2n) is 4.54. The van der Waals surface area contributed by atoms with Crippen LogP contribution in [0.15, 0.2) is 21.7 Å². The summed E-state index contributed by atoms with van der Waals surface area (Å²) < 4.78 is 1.39. The van der Waals surface area contributed by atoms with Crippen LogP contribution < -0.4 is 5.73 Å². The molecule has 4 heteroatoms. The molecule has 90 valence electrons. The van der Waals surface area contributed by atoms with Crippen LogP contribution in [-0.4, -0.2) is 11.6 Å². The summed E-state index contributed by atoms with van der Waals surface area (Å²) in [5.41, 5.74) is 5.41. The van der Waals surface area contributed by atoms with E-state index in [0.717, 1.165) is 18.6 Å². The van der Waals surface area contributed by atoms with Crippen LogP contribution in [-0.2, 0) is 0 Å². The normalized spacial score (nSPS) is 11.6. The van der Waals surface area contributed by atoms with Gasteiger partial charge in [0.15, 0.2) is 0 Å². The third-order valence-corrected chi connectivity index (χ3v) is 4.88. The first-order valence-electron chi connectivity index (χ1n) is 5.53. The molecule has 0 radical (unpaired) electrons. The van der Waals surface area contributed by atoms with Crippen molar-refractivity contribution in [1.82, 2.24) is 0 Å². The van der Waals surface area contributed by atoms with Gasteiger partial charge in [-0.1, -0.05) is 26.3 Å². The monoisotopic (exact) mass is 256 g/mol. The Morgan fingerprint density at radius 1 is 1.50 bits per heavy atom. The number of thiophene rings is 1. The highest BCUT2D eigenvalue weighted by Crippen LogP contribution is 2.27. The Bertz CT molecular complexity index is 318. The molecular formula is C12H20N2S2. The summed E-state index contributed by atoms with van der Waals surface area (Å²) in [6.45, 7) is 4.09. The molecule has 0 saturated carbocycles. The summed E-state index contributed by atoms with van der Waals surface area (Å²) in [6.07, 6.45) is 3.34. The minimum Gasteiger partial charge on any atom is -0.387 e. The molecule has 0 atom stereocenters. The first kappa shape index (κ1) is 13.6. The van der Waals surface area contributed by atoms with Crippen LogP contribution in [0.4, 0.5) is 0 Å². The number of thioether (sulfide) groups is 1. The van der Waals surface area contributed by atoms with Crippen molar-refractivity contribution in [2.45, 2.75) is 37.3 Å². The van der Waals surface area contributed by atoms with Crippen molar-refractivity contribution in [2.75, 3.05) is 5.75 Å². The van der Waals surface area contributed by atoms with Gasteiger partial charge in [-0.15, -0.1) is 23.1 Å². The van der Waals surface area contributed by atoms with Crippen LogP contribution in [0.5, 0.6) is 0 Å². The Morgan fingerprint density at radius 2 is 2.25 bits per heavy atom. The van der Waals surface area contributed by atoms with Crippen molar-refractivity contribution in [3.8, 4) is 0 Å². The molecule has 0 aliphatic rings. The fourth-order valence-corrected chi connectivity index (χ4v) is 3.18. The Labute approximate surface area is 106 Å². The van der Waals surface area contributed by atoms with Crippen LogP contribution in [0.3, 0.4) is 0 Å². The van der Waals surface area contributed by atoms with Gasteiger partial charge in [-0.25, -0.2) is 0 Å². The Balaban J connectivity index is 2.10. The summed E-state index contributed by atoms with van der Waals surface area (Å²) in [5, 5.41) is 9.58. The highest BCUT2D eigenvalue weighted by atomic mass is 32.2. The lowest BCUT2D eigenvalue weighted by Gasteiger charge is -2.22. The molecule has 0 spiro atoms. The van der Waals surface area contributed by atoms with Crippen molar-refractivity contribution in [1.29, 1.82) is 5.41 Å². The lowest BCUT2D eigenvalue weighted by atomic mass is 9.86. The molecule has 0 aliphatic heterocycles. The molecule has 0 aliphatic carbocycles. The van der Waals surface area contributed by atoms with E-state index in [9.17, 15) is 0 Å². The molecule has 3 N–H and O–H groups in total. The Morgan fingerprint density at radius 3 is 2.81 bits per heavy atom. The van der Waals surface area contributed by atoms with Gasteiger partial charge in [0.1, 0.15) is 0 Å². The third-order valence-electron chi connectivity index (χ3n) is 2.66. The van der Waals surface area contributed by atoms with E-state index >= 15 is 0 Å². The highest BCUT2D eigenvalue weighted by molar-refractivity contribution is 8.01. The zero-order valence-corrected chi connectivity index (χ0v) is 11.6. The molecule has 0 unspecified atom stereocenters. The molecule has 0 saturated heterocycles. The standard InChI is InChI=1S/C12H20N2S2/c1-12(2,11(13)14)7-3-4-8-15-10-6-5-9-16-10/h5-6,9H,3-4,7-8H2,1-2H3,(H3,13,14). The SMILES string of the molecule is CC(C)(CCCCSc1cccs1)C(=N)N. The zero-order valence-electron chi connectivity index (χ0n) is 9.95. The maximum absolute atomic E-state index is 7.47. The van der Waals surface area contributed by atoms with Crippen LogP contribution in [0.25, 0.3) is 0 Å². The van der Waals surface area contributed by atoms with Gasteiger partial charge in [-0.05, 0) is 30.0 Å². The first-order valence-corrected chi connectivity index (χ1v) is 7.40. The van der Waals surface area contributed by atoms with E-state index < -0.39 is 0 Å². The zero-order chi connectivity index (χ0) is 12.0. The van der Waals surface area contributed by atoms with Gasteiger partial charge in [-0.2, -0.15) is 0 Å². The lowest BCUT2D eigenvalue weighted by Crippen LogP contribution is -2.30. The number of amidine groups is 1. The molecule has 1 aromatic heterocycles. The third kappa shape index (κ3) is 4.58. The Hall–Kier alpha value is -0.480. The fourth-order valence-electron chi connectivity index (χ4n) is 1.32. The number of nitrogens with one attached hydrogen (secondary N) is 1. The summed E-state index contributed by atoms with van der Waals surface area (Å²) in [7, 11) is 0. The van der Waals surface area contributed by atoms with E-state index in [2.05, 4.69) is 17.5 Å². The maximum Gasteiger partial charge on any atom is 0.0963 e. The van der Waals surface area contributed by atoms with Gasteiger partial charge in [0.05, 0.1) is 10.0 Å². The summed E-state index contributed by atoms with van der Waals surface area (Å²) in [6, 6.07) is 4.25. The highest BCUT2D eigenvalue weighted by Gasteiger charge is 2.20. The van der Waals surface area contributed by atoms with E-state index in [1.54, 1.807) is 11.3 Å². The summed E-state index contributed by atoms with van der Waals surface area (Å²) in [4.78, 5) is 0. The second kappa shape index (κ2) is 6.30. The first-order chi connectivity index (χ1) is 7.52. The molecule has 1 aromatic rings. The van der Waals surface area contributed by atoms with Crippen LogP contribution in [0.1, 0.15) is 33.1 Å². The number of hydrogen-bond acceptors (Lipinski definition) is 3. The largest absolute Gasteiger partial charge is 0.387 e. The minimum atomic E-state index is -0.131. The van der Waals surface area contributed by atoms with Gasteiger partial charge in [0.2, 0.25) is 0 Å².